The summed E-state index contributed by atoms with van der Waals surface area (Å²) in [5.74, 6) is -2.01. The second-order valence-corrected chi connectivity index (χ2v) is 6.59. The molecule has 7 heteroatoms. The Morgan fingerprint density at radius 2 is 1.77 bits per heavy atom. The van der Waals surface area contributed by atoms with E-state index in [1.54, 1.807) is 13.0 Å². The van der Waals surface area contributed by atoms with Crippen LogP contribution in [0.15, 0.2) is 72.0 Å². The molecule has 0 amide bonds. The van der Waals surface area contributed by atoms with E-state index in [2.05, 4.69) is 0 Å². The van der Waals surface area contributed by atoms with E-state index in [4.69, 9.17) is 9.47 Å². The van der Waals surface area contributed by atoms with Crippen LogP contribution in [0.2, 0.25) is 0 Å². The molecule has 4 nitrogen and oxygen atoms in total. The third-order valence-corrected chi connectivity index (χ3v) is 4.57. The Bertz CT molecular complexity index is 974. The number of ether oxygens (including phenoxy) is 2. The largest absolute Gasteiger partial charge is 0.463 e. The number of esters is 2. The summed E-state index contributed by atoms with van der Waals surface area (Å²) in [4.78, 5) is 24.8. The summed E-state index contributed by atoms with van der Waals surface area (Å²) in [5, 5.41) is 0. The summed E-state index contributed by atoms with van der Waals surface area (Å²) in [6, 6.07) is 13.6. The molecule has 0 fully saturated rings. The Hall–Kier alpha value is -3.35. The van der Waals surface area contributed by atoms with E-state index in [0.29, 0.717) is 5.56 Å². The van der Waals surface area contributed by atoms with E-state index < -0.39 is 29.6 Å². The smallest absolute Gasteiger partial charge is 0.416 e. The Labute approximate surface area is 171 Å². The highest BCUT2D eigenvalue weighted by Gasteiger charge is 2.36. The molecule has 2 aromatic rings. The lowest BCUT2D eigenvalue weighted by Gasteiger charge is -2.26. The predicted molar refractivity (Wildman–Crippen MR) is 104 cm³/mol. The number of carbonyl (C=O) groups excluding carboxylic acids is 2. The number of benzene rings is 2. The number of rotatable bonds is 5. The first-order valence-corrected chi connectivity index (χ1v) is 9.32. The zero-order valence-electron chi connectivity index (χ0n) is 16.1. The fourth-order valence-electron chi connectivity index (χ4n) is 3.16. The molecule has 1 aliphatic heterocycles. The van der Waals surface area contributed by atoms with Gasteiger partial charge in [0.1, 0.15) is 5.76 Å². The fourth-order valence-corrected chi connectivity index (χ4v) is 3.16. The van der Waals surface area contributed by atoms with E-state index in [9.17, 15) is 22.8 Å². The van der Waals surface area contributed by atoms with Crippen LogP contribution in [-0.4, -0.2) is 18.5 Å². The van der Waals surface area contributed by atoms with E-state index in [1.165, 1.54) is 18.2 Å². The highest BCUT2D eigenvalue weighted by molar-refractivity contribution is 5.95. The van der Waals surface area contributed by atoms with Gasteiger partial charge in [-0.2, -0.15) is 13.2 Å². The number of carbonyl (C=O) groups is 2. The quantitative estimate of drug-likeness (QED) is 0.624. The van der Waals surface area contributed by atoms with Crippen molar-refractivity contribution in [3.8, 4) is 0 Å². The first kappa shape index (κ1) is 21.4. The van der Waals surface area contributed by atoms with Gasteiger partial charge in [0.2, 0.25) is 0 Å². The number of halogens is 3. The van der Waals surface area contributed by atoms with Crippen LogP contribution in [0.25, 0.3) is 6.08 Å². The van der Waals surface area contributed by atoms with Crippen LogP contribution in [0.5, 0.6) is 0 Å². The predicted octanol–water partition coefficient (Wildman–Crippen LogP) is 5.27. The molecule has 1 aliphatic rings. The molecule has 0 aromatic heterocycles. The van der Waals surface area contributed by atoms with Crippen LogP contribution >= 0.6 is 0 Å². The van der Waals surface area contributed by atoms with Crippen molar-refractivity contribution in [1.29, 1.82) is 0 Å². The standard InChI is InChI=1S/C23H19F3O4/c1-2-29-22(28)21-18(16-9-11-17(12-10-16)23(24,25)26)14-20(27)30-19(21)13-8-15-6-4-3-5-7-15/h3-13,18H,2,14H2,1H3/b13-8+/t18-/m0/s1. The Morgan fingerprint density at radius 1 is 1.10 bits per heavy atom. The normalized spacial score (nSPS) is 17.2. The molecular weight excluding hydrogens is 397 g/mol. The molecular formula is C23H19F3O4. The molecule has 2 aromatic carbocycles. The minimum atomic E-state index is -4.48. The number of cyclic esters (lactones) is 1. The highest BCUT2D eigenvalue weighted by atomic mass is 19.4. The summed E-state index contributed by atoms with van der Waals surface area (Å²) in [7, 11) is 0. The molecule has 1 atom stereocenters. The van der Waals surface area contributed by atoms with Crippen molar-refractivity contribution in [2.24, 2.45) is 0 Å². The maximum Gasteiger partial charge on any atom is 0.416 e. The van der Waals surface area contributed by atoms with Gasteiger partial charge in [-0.15, -0.1) is 0 Å². The highest BCUT2D eigenvalue weighted by Crippen LogP contribution is 2.38. The van der Waals surface area contributed by atoms with Crippen molar-refractivity contribution in [3.05, 3.63) is 88.7 Å². The molecule has 0 bridgehead atoms. The molecule has 1 heterocycles. The number of allylic oxidation sites excluding steroid dienone is 1. The summed E-state index contributed by atoms with van der Waals surface area (Å²) in [6.07, 6.45) is -1.48. The summed E-state index contributed by atoms with van der Waals surface area (Å²) < 4.78 is 49.1. The number of alkyl halides is 3. The number of hydrogen-bond acceptors (Lipinski definition) is 4. The Morgan fingerprint density at radius 3 is 2.37 bits per heavy atom. The maximum absolute atomic E-state index is 12.9. The zero-order valence-corrected chi connectivity index (χ0v) is 16.1. The van der Waals surface area contributed by atoms with E-state index in [0.717, 1.165) is 17.7 Å². The molecule has 0 unspecified atom stereocenters. The second kappa shape index (κ2) is 8.98. The molecule has 156 valence electrons. The van der Waals surface area contributed by atoms with Crippen LogP contribution in [0.1, 0.15) is 36.0 Å². The molecule has 3 rings (SSSR count). The van der Waals surface area contributed by atoms with Gasteiger partial charge in [-0.05, 0) is 36.3 Å². The van der Waals surface area contributed by atoms with Crippen molar-refractivity contribution >= 4 is 18.0 Å². The average Bonchev–Trinajstić information content (AvgIpc) is 2.72. The summed E-state index contributed by atoms with van der Waals surface area (Å²) >= 11 is 0. The van der Waals surface area contributed by atoms with Gasteiger partial charge in [-0.3, -0.25) is 4.79 Å². The minimum Gasteiger partial charge on any atom is -0.463 e. The SMILES string of the molecule is CCOC(=O)C1=C(/C=C/c2ccccc2)OC(=O)C[C@H]1c1ccc(C(F)(F)F)cc1. The molecule has 0 radical (unpaired) electrons. The lowest BCUT2D eigenvalue weighted by molar-refractivity contribution is -0.144. The van der Waals surface area contributed by atoms with Gasteiger partial charge in [0, 0.05) is 5.92 Å². The van der Waals surface area contributed by atoms with Crippen molar-refractivity contribution in [1.82, 2.24) is 0 Å². The van der Waals surface area contributed by atoms with Crippen molar-refractivity contribution < 1.29 is 32.2 Å². The maximum atomic E-state index is 12.9. The monoisotopic (exact) mass is 416 g/mol. The van der Waals surface area contributed by atoms with Gasteiger partial charge < -0.3 is 9.47 Å². The lowest BCUT2D eigenvalue weighted by Crippen LogP contribution is -2.26. The van der Waals surface area contributed by atoms with Crippen LogP contribution in [0, 0.1) is 0 Å². The molecule has 0 saturated heterocycles. The van der Waals surface area contributed by atoms with Gasteiger partial charge in [0.05, 0.1) is 24.2 Å². The van der Waals surface area contributed by atoms with Gasteiger partial charge in [0.25, 0.3) is 0 Å². The van der Waals surface area contributed by atoms with E-state index >= 15 is 0 Å². The van der Waals surface area contributed by atoms with Crippen molar-refractivity contribution in [2.75, 3.05) is 6.61 Å². The van der Waals surface area contributed by atoms with Gasteiger partial charge in [-0.1, -0.05) is 48.5 Å². The van der Waals surface area contributed by atoms with Gasteiger partial charge in [-0.25, -0.2) is 4.79 Å². The van der Waals surface area contributed by atoms with Crippen LogP contribution < -0.4 is 0 Å². The van der Waals surface area contributed by atoms with Crippen LogP contribution in [0.3, 0.4) is 0 Å². The Balaban J connectivity index is 2.04. The topological polar surface area (TPSA) is 52.6 Å². The lowest BCUT2D eigenvalue weighted by atomic mass is 9.85. The van der Waals surface area contributed by atoms with Gasteiger partial charge >= 0.3 is 18.1 Å². The second-order valence-electron chi connectivity index (χ2n) is 6.59. The zero-order chi connectivity index (χ0) is 21.7. The van der Waals surface area contributed by atoms with E-state index in [-0.39, 0.29) is 24.4 Å². The molecule has 0 aliphatic carbocycles. The van der Waals surface area contributed by atoms with E-state index in [1.807, 2.05) is 30.3 Å². The van der Waals surface area contributed by atoms with Crippen LogP contribution in [0.4, 0.5) is 13.2 Å². The molecule has 0 N–H and O–H groups in total. The van der Waals surface area contributed by atoms with Crippen LogP contribution in [-0.2, 0) is 25.2 Å². The summed E-state index contributed by atoms with van der Waals surface area (Å²) in [6.45, 7) is 1.74. The van der Waals surface area contributed by atoms with Crippen molar-refractivity contribution in [2.45, 2.75) is 25.4 Å². The number of hydrogen-bond donors (Lipinski definition) is 0. The minimum absolute atomic E-state index is 0.0263. The molecule has 30 heavy (non-hydrogen) atoms. The third kappa shape index (κ3) is 4.97. The first-order valence-electron chi connectivity index (χ1n) is 9.32. The third-order valence-electron chi connectivity index (χ3n) is 4.57. The molecule has 0 saturated carbocycles. The average molecular weight is 416 g/mol. The molecule has 0 spiro atoms. The first-order chi connectivity index (χ1) is 14.3. The van der Waals surface area contributed by atoms with Gasteiger partial charge in [0.15, 0.2) is 0 Å². The fraction of sp³-hybridized carbons (Fsp3) is 0.217. The van der Waals surface area contributed by atoms with Crippen molar-refractivity contribution in [3.63, 3.8) is 0 Å². The summed E-state index contributed by atoms with van der Waals surface area (Å²) in [5.41, 5.74) is 0.508. The Kier molecular flexibility index (Phi) is 6.40.